The van der Waals surface area contributed by atoms with Gasteiger partial charge in [-0.15, -0.1) is 0 Å². The van der Waals surface area contributed by atoms with Crippen molar-refractivity contribution >= 4 is 12.0 Å². The first-order chi connectivity index (χ1) is 9.54. The zero-order valence-corrected chi connectivity index (χ0v) is 11.4. The van der Waals surface area contributed by atoms with E-state index >= 15 is 0 Å². The second-order valence-electron chi connectivity index (χ2n) is 5.18. The Bertz CT molecular complexity index is 487. The minimum atomic E-state index is -0.777. The Kier molecular flexibility index (Phi) is 4.55. The quantitative estimate of drug-likeness (QED) is 0.776. The van der Waals surface area contributed by atoms with E-state index in [1.54, 1.807) is 6.20 Å². The molecule has 6 heteroatoms. The molecule has 1 heterocycles. The van der Waals surface area contributed by atoms with Gasteiger partial charge < -0.3 is 15.7 Å². The van der Waals surface area contributed by atoms with Crippen molar-refractivity contribution in [1.29, 1.82) is 0 Å². The van der Waals surface area contributed by atoms with E-state index in [0.29, 0.717) is 19.4 Å². The summed E-state index contributed by atoms with van der Waals surface area (Å²) in [6.07, 6.45) is 3.58. The first-order valence-electron chi connectivity index (χ1n) is 6.73. The van der Waals surface area contributed by atoms with Crippen LogP contribution in [0.2, 0.25) is 0 Å². The molecule has 6 nitrogen and oxygen atoms in total. The highest BCUT2D eigenvalue weighted by atomic mass is 16.4. The lowest BCUT2D eigenvalue weighted by molar-refractivity contribution is -0.141. The Labute approximate surface area is 117 Å². The first kappa shape index (κ1) is 14.3. The fourth-order valence-electron chi connectivity index (χ4n) is 2.36. The van der Waals surface area contributed by atoms with E-state index in [1.165, 1.54) is 0 Å². The number of amides is 2. The van der Waals surface area contributed by atoms with Crippen molar-refractivity contribution in [2.75, 3.05) is 0 Å². The molecule has 2 atom stereocenters. The highest BCUT2D eigenvalue weighted by molar-refractivity contribution is 5.75. The minimum Gasteiger partial charge on any atom is -0.481 e. The summed E-state index contributed by atoms with van der Waals surface area (Å²) in [5, 5.41) is 14.5. The molecule has 2 amide bonds. The van der Waals surface area contributed by atoms with E-state index in [9.17, 15) is 9.59 Å². The number of aryl methyl sites for hydroxylation is 1. The molecule has 1 aliphatic carbocycles. The smallest absolute Gasteiger partial charge is 0.315 e. The van der Waals surface area contributed by atoms with Gasteiger partial charge >= 0.3 is 12.0 Å². The Morgan fingerprint density at radius 1 is 1.40 bits per heavy atom. The number of carbonyl (C=O) groups excluding carboxylic acids is 1. The zero-order chi connectivity index (χ0) is 14.5. The van der Waals surface area contributed by atoms with Crippen LogP contribution in [0.4, 0.5) is 4.79 Å². The fraction of sp³-hybridized carbons (Fsp3) is 0.500. The number of pyridine rings is 1. The average Bonchev–Trinajstić information content (AvgIpc) is 2.87. The van der Waals surface area contributed by atoms with E-state index in [-0.39, 0.29) is 18.0 Å². The second-order valence-corrected chi connectivity index (χ2v) is 5.18. The lowest BCUT2D eigenvalue weighted by atomic mass is 10.1. The van der Waals surface area contributed by atoms with Crippen LogP contribution in [0.1, 0.15) is 30.5 Å². The number of hydrogen-bond acceptors (Lipinski definition) is 3. The first-order valence-corrected chi connectivity index (χ1v) is 6.73. The summed E-state index contributed by atoms with van der Waals surface area (Å²) >= 11 is 0. The Balaban J connectivity index is 1.73. The largest absolute Gasteiger partial charge is 0.481 e. The number of urea groups is 1. The number of carboxylic acids is 1. The van der Waals surface area contributed by atoms with Gasteiger partial charge in [0, 0.05) is 24.5 Å². The highest BCUT2D eigenvalue weighted by Gasteiger charge is 2.30. The number of aliphatic carboxylic acids is 1. The summed E-state index contributed by atoms with van der Waals surface area (Å²) in [7, 11) is 0. The van der Waals surface area contributed by atoms with Gasteiger partial charge in [0.2, 0.25) is 0 Å². The molecule has 0 saturated heterocycles. The van der Waals surface area contributed by atoms with Crippen LogP contribution in [0.3, 0.4) is 0 Å². The summed E-state index contributed by atoms with van der Waals surface area (Å²) in [5.41, 5.74) is 1.87. The molecule has 1 fully saturated rings. The third kappa shape index (κ3) is 3.94. The van der Waals surface area contributed by atoms with Gasteiger partial charge in [0.15, 0.2) is 0 Å². The summed E-state index contributed by atoms with van der Waals surface area (Å²) in [4.78, 5) is 26.7. The zero-order valence-electron chi connectivity index (χ0n) is 11.4. The molecular formula is C14H19N3O3. The third-order valence-electron chi connectivity index (χ3n) is 3.54. The van der Waals surface area contributed by atoms with Crippen molar-refractivity contribution < 1.29 is 14.7 Å². The summed E-state index contributed by atoms with van der Waals surface area (Å²) < 4.78 is 0. The summed E-state index contributed by atoms with van der Waals surface area (Å²) in [5.74, 6) is -1.11. The topological polar surface area (TPSA) is 91.3 Å². The SMILES string of the molecule is Cc1ccc(CNC(=O)NC2CCC(C(=O)O)C2)cn1. The normalized spacial score (nSPS) is 21.4. The van der Waals surface area contributed by atoms with Gasteiger partial charge in [-0.3, -0.25) is 9.78 Å². The molecule has 1 aliphatic rings. The van der Waals surface area contributed by atoms with Crippen molar-refractivity contribution in [1.82, 2.24) is 15.6 Å². The molecule has 0 radical (unpaired) electrons. The van der Waals surface area contributed by atoms with Gasteiger partial charge in [0.1, 0.15) is 0 Å². The van der Waals surface area contributed by atoms with Gasteiger partial charge in [-0.05, 0) is 37.8 Å². The minimum absolute atomic E-state index is 0.0488. The van der Waals surface area contributed by atoms with Crippen molar-refractivity contribution in [2.45, 2.75) is 38.8 Å². The van der Waals surface area contributed by atoms with Crippen LogP contribution in [-0.2, 0) is 11.3 Å². The Hall–Kier alpha value is -2.11. The number of hydrogen-bond donors (Lipinski definition) is 3. The Morgan fingerprint density at radius 3 is 2.80 bits per heavy atom. The molecule has 20 heavy (non-hydrogen) atoms. The van der Waals surface area contributed by atoms with Gasteiger partial charge in [-0.1, -0.05) is 6.07 Å². The van der Waals surface area contributed by atoms with E-state index in [1.807, 2.05) is 19.1 Å². The molecule has 0 aromatic carbocycles. The van der Waals surface area contributed by atoms with E-state index in [0.717, 1.165) is 17.7 Å². The van der Waals surface area contributed by atoms with Crippen LogP contribution < -0.4 is 10.6 Å². The van der Waals surface area contributed by atoms with Gasteiger partial charge in [0.25, 0.3) is 0 Å². The lowest BCUT2D eigenvalue weighted by Crippen LogP contribution is -2.40. The van der Waals surface area contributed by atoms with Crippen molar-refractivity contribution in [3.05, 3.63) is 29.6 Å². The van der Waals surface area contributed by atoms with Crippen molar-refractivity contribution in [2.24, 2.45) is 5.92 Å². The number of carboxylic acid groups (broad SMARTS) is 1. The highest BCUT2D eigenvalue weighted by Crippen LogP contribution is 2.25. The number of rotatable bonds is 4. The molecule has 1 aromatic rings. The monoisotopic (exact) mass is 277 g/mol. The summed E-state index contributed by atoms with van der Waals surface area (Å²) in [6.45, 7) is 2.32. The van der Waals surface area contributed by atoms with Crippen LogP contribution in [0.15, 0.2) is 18.3 Å². The molecule has 2 unspecified atom stereocenters. The van der Waals surface area contributed by atoms with Crippen molar-refractivity contribution in [3.63, 3.8) is 0 Å². The number of carbonyl (C=O) groups is 2. The third-order valence-corrected chi connectivity index (χ3v) is 3.54. The number of nitrogens with zero attached hydrogens (tertiary/aromatic N) is 1. The molecule has 108 valence electrons. The molecule has 3 N–H and O–H groups in total. The fourth-order valence-corrected chi connectivity index (χ4v) is 2.36. The molecule has 0 bridgehead atoms. The predicted octanol–water partition coefficient (Wildman–Crippen LogP) is 1.44. The van der Waals surface area contributed by atoms with E-state index in [4.69, 9.17) is 5.11 Å². The maximum atomic E-state index is 11.7. The number of aromatic nitrogens is 1. The average molecular weight is 277 g/mol. The molecule has 1 aromatic heterocycles. The molecule has 0 aliphatic heterocycles. The van der Waals surface area contributed by atoms with Crippen LogP contribution in [0.25, 0.3) is 0 Å². The van der Waals surface area contributed by atoms with Gasteiger partial charge in [0.05, 0.1) is 5.92 Å². The van der Waals surface area contributed by atoms with Gasteiger partial charge in [-0.2, -0.15) is 0 Å². The number of nitrogens with one attached hydrogen (secondary N) is 2. The van der Waals surface area contributed by atoms with Crippen LogP contribution >= 0.6 is 0 Å². The molecule has 1 saturated carbocycles. The van der Waals surface area contributed by atoms with Gasteiger partial charge in [-0.25, -0.2) is 4.79 Å². The molecule has 0 spiro atoms. The predicted molar refractivity (Wildman–Crippen MR) is 73.1 cm³/mol. The van der Waals surface area contributed by atoms with Crippen LogP contribution in [0, 0.1) is 12.8 Å². The standard InChI is InChI=1S/C14H19N3O3/c1-9-2-3-10(7-15-9)8-16-14(20)17-12-5-4-11(6-12)13(18)19/h2-3,7,11-12H,4-6,8H2,1H3,(H,18,19)(H2,16,17,20). The van der Waals surface area contributed by atoms with E-state index < -0.39 is 5.97 Å². The maximum absolute atomic E-state index is 11.7. The summed E-state index contributed by atoms with van der Waals surface area (Å²) in [6, 6.07) is 3.50. The maximum Gasteiger partial charge on any atom is 0.315 e. The van der Waals surface area contributed by atoms with E-state index in [2.05, 4.69) is 15.6 Å². The Morgan fingerprint density at radius 2 is 2.20 bits per heavy atom. The lowest BCUT2D eigenvalue weighted by Gasteiger charge is -2.13. The second kappa shape index (κ2) is 6.36. The molecule has 2 rings (SSSR count). The van der Waals surface area contributed by atoms with Crippen LogP contribution in [-0.4, -0.2) is 28.1 Å². The van der Waals surface area contributed by atoms with Crippen LogP contribution in [0.5, 0.6) is 0 Å². The van der Waals surface area contributed by atoms with Crippen molar-refractivity contribution in [3.8, 4) is 0 Å². The molecular weight excluding hydrogens is 258 g/mol.